The maximum absolute atomic E-state index is 12.2. The zero-order valence-electron chi connectivity index (χ0n) is 11.1. The van der Waals surface area contributed by atoms with E-state index < -0.39 is 0 Å². The van der Waals surface area contributed by atoms with Gasteiger partial charge in [0.25, 0.3) is 0 Å². The molecule has 1 saturated carbocycles. The van der Waals surface area contributed by atoms with Crippen molar-refractivity contribution in [3.63, 3.8) is 0 Å². The van der Waals surface area contributed by atoms with Gasteiger partial charge in [-0.3, -0.25) is 4.79 Å². The van der Waals surface area contributed by atoms with Gasteiger partial charge in [0.15, 0.2) is 0 Å². The molecule has 0 aromatic carbocycles. The van der Waals surface area contributed by atoms with Gasteiger partial charge in [0.2, 0.25) is 5.91 Å². The minimum atomic E-state index is -0.376. The molecule has 1 saturated heterocycles. The zero-order valence-corrected chi connectivity index (χ0v) is 11.9. The first kappa shape index (κ1) is 14.2. The number of aliphatic hydroxyl groups excluding tert-OH is 1. The molecule has 2 rings (SSSR count). The number of carbonyl (C=O) groups excluding carboxylic acids is 1. The molecule has 3 unspecified atom stereocenters. The molecule has 2 aliphatic rings. The normalized spacial score (nSPS) is 37.2. The van der Waals surface area contributed by atoms with E-state index in [0.717, 1.165) is 37.3 Å². The van der Waals surface area contributed by atoms with Crippen LogP contribution in [0.1, 0.15) is 32.6 Å². The molecule has 1 aliphatic carbocycles. The molecule has 3 atom stereocenters. The summed E-state index contributed by atoms with van der Waals surface area (Å²) < 4.78 is 0. The lowest BCUT2D eigenvalue weighted by Crippen LogP contribution is -2.59. The minimum Gasteiger partial charge on any atom is -0.394 e. The Bertz CT molecular complexity index is 295. The van der Waals surface area contributed by atoms with Crippen LogP contribution in [0.2, 0.25) is 0 Å². The van der Waals surface area contributed by atoms with Crippen LogP contribution in [0.25, 0.3) is 0 Å². The zero-order chi connectivity index (χ0) is 13.0. The number of hydrogen-bond acceptors (Lipinski definition) is 4. The Morgan fingerprint density at radius 3 is 3.06 bits per heavy atom. The molecule has 4 nitrogen and oxygen atoms in total. The molecule has 1 heterocycles. The number of amides is 1. The van der Waals surface area contributed by atoms with Crippen LogP contribution in [0.3, 0.4) is 0 Å². The van der Waals surface area contributed by atoms with Crippen LogP contribution in [-0.2, 0) is 4.79 Å². The summed E-state index contributed by atoms with van der Waals surface area (Å²) in [4.78, 5) is 12.2. The van der Waals surface area contributed by atoms with Gasteiger partial charge < -0.3 is 15.7 Å². The van der Waals surface area contributed by atoms with E-state index in [1.807, 2.05) is 11.8 Å². The van der Waals surface area contributed by atoms with E-state index >= 15 is 0 Å². The van der Waals surface area contributed by atoms with Gasteiger partial charge in [-0.2, -0.15) is 11.8 Å². The van der Waals surface area contributed by atoms with Crippen molar-refractivity contribution in [3.05, 3.63) is 0 Å². The summed E-state index contributed by atoms with van der Waals surface area (Å²) in [6.07, 6.45) is 4.10. The summed E-state index contributed by atoms with van der Waals surface area (Å²) in [6.45, 7) is 3.15. The van der Waals surface area contributed by atoms with Crippen molar-refractivity contribution in [2.45, 2.75) is 44.2 Å². The molecule has 1 aliphatic heterocycles. The molecule has 104 valence electrons. The highest BCUT2D eigenvalue weighted by atomic mass is 32.2. The van der Waals surface area contributed by atoms with E-state index in [2.05, 4.69) is 17.6 Å². The lowest BCUT2D eigenvalue weighted by Gasteiger charge is -2.40. The molecular formula is C13H24N2O2S. The van der Waals surface area contributed by atoms with Crippen molar-refractivity contribution in [1.82, 2.24) is 10.6 Å². The molecule has 0 aromatic rings. The maximum Gasteiger partial charge on any atom is 0.238 e. The highest BCUT2D eigenvalue weighted by molar-refractivity contribution is 7.99. The minimum absolute atomic E-state index is 0.0585. The predicted octanol–water partition coefficient (Wildman–Crippen LogP) is 0.749. The fraction of sp³-hybridized carbons (Fsp3) is 0.923. The maximum atomic E-state index is 12.2. The van der Waals surface area contributed by atoms with E-state index in [9.17, 15) is 9.90 Å². The van der Waals surface area contributed by atoms with Crippen molar-refractivity contribution in [2.24, 2.45) is 5.92 Å². The summed E-state index contributed by atoms with van der Waals surface area (Å²) >= 11 is 1.81. The largest absolute Gasteiger partial charge is 0.394 e. The van der Waals surface area contributed by atoms with Gasteiger partial charge in [-0.05, 0) is 18.8 Å². The lowest BCUT2D eigenvalue weighted by atomic mass is 9.76. The summed E-state index contributed by atoms with van der Waals surface area (Å²) in [7, 11) is 0. The molecule has 0 aromatic heterocycles. The van der Waals surface area contributed by atoms with Gasteiger partial charge in [0, 0.05) is 18.1 Å². The Morgan fingerprint density at radius 1 is 1.61 bits per heavy atom. The van der Waals surface area contributed by atoms with E-state index in [1.165, 1.54) is 6.42 Å². The average molecular weight is 272 g/mol. The Balaban J connectivity index is 1.94. The summed E-state index contributed by atoms with van der Waals surface area (Å²) in [5.74, 6) is 2.56. The van der Waals surface area contributed by atoms with Crippen LogP contribution in [0.5, 0.6) is 0 Å². The van der Waals surface area contributed by atoms with Crippen molar-refractivity contribution in [3.8, 4) is 0 Å². The van der Waals surface area contributed by atoms with Gasteiger partial charge in [0.05, 0.1) is 18.2 Å². The van der Waals surface area contributed by atoms with Gasteiger partial charge in [-0.1, -0.05) is 19.8 Å². The van der Waals surface area contributed by atoms with E-state index in [1.54, 1.807) is 0 Å². The van der Waals surface area contributed by atoms with Gasteiger partial charge in [-0.25, -0.2) is 0 Å². The Hall–Kier alpha value is -0.260. The third kappa shape index (κ3) is 3.39. The SMILES string of the molecule is CC1CCCC(CO)(NC(=O)C2CSCCN2)C1. The van der Waals surface area contributed by atoms with Crippen LogP contribution in [0.15, 0.2) is 0 Å². The smallest absolute Gasteiger partial charge is 0.238 e. The topological polar surface area (TPSA) is 61.4 Å². The van der Waals surface area contributed by atoms with Gasteiger partial charge in [-0.15, -0.1) is 0 Å². The van der Waals surface area contributed by atoms with Crippen LogP contribution >= 0.6 is 11.8 Å². The second-order valence-corrected chi connectivity index (χ2v) is 6.86. The fourth-order valence-corrected chi connectivity index (χ4v) is 3.97. The first-order valence-corrected chi connectivity index (χ1v) is 8.05. The second-order valence-electron chi connectivity index (χ2n) is 5.71. The molecule has 5 heteroatoms. The highest BCUT2D eigenvalue weighted by Crippen LogP contribution is 2.32. The van der Waals surface area contributed by atoms with E-state index in [0.29, 0.717) is 5.92 Å². The third-order valence-corrected chi connectivity index (χ3v) is 5.08. The highest BCUT2D eigenvalue weighted by Gasteiger charge is 2.37. The number of rotatable bonds is 3. The molecule has 2 fully saturated rings. The fourth-order valence-electron chi connectivity index (χ4n) is 3.04. The van der Waals surface area contributed by atoms with Gasteiger partial charge in [0.1, 0.15) is 0 Å². The van der Waals surface area contributed by atoms with E-state index in [4.69, 9.17) is 0 Å². The molecule has 3 N–H and O–H groups in total. The molecular weight excluding hydrogens is 248 g/mol. The number of aliphatic hydroxyl groups is 1. The van der Waals surface area contributed by atoms with E-state index in [-0.39, 0.29) is 24.1 Å². The first-order chi connectivity index (χ1) is 8.65. The predicted molar refractivity (Wildman–Crippen MR) is 74.7 cm³/mol. The summed E-state index contributed by atoms with van der Waals surface area (Å²) in [5, 5.41) is 16.0. The second kappa shape index (κ2) is 6.26. The number of carbonyl (C=O) groups is 1. The summed E-state index contributed by atoms with van der Waals surface area (Å²) in [6, 6.07) is -0.0931. The van der Waals surface area contributed by atoms with Crippen LogP contribution in [0.4, 0.5) is 0 Å². The van der Waals surface area contributed by atoms with Crippen LogP contribution in [0, 0.1) is 5.92 Å². The molecule has 18 heavy (non-hydrogen) atoms. The van der Waals surface area contributed by atoms with Gasteiger partial charge >= 0.3 is 0 Å². The summed E-state index contributed by atoms with van der Waals surface area (Å²) in [5.41, 5.74) is -0.376. The molecule has 0 spiro atoms. The van der Waals surface area contributed by atoms with Crippen molar-refractivity contribution >= 4 is 17.7 Å². The molecule has 0 bridgehead atoms. The average Bonchev–Trinajstić information content (AvgIpc) is 2.39. The van der Waals surface area contributed by atoms with Crippen LogP contribution in [-0.4, -0.2) is 47.3 Å². The monoisotopic (exact) mass is 272 g/mol. The first-order valence-electron chi connectivity index (χ1n) is 6.89. The third-order valence-electron chi connectivity index (χ3n) is 4.02. The number of nitrogens with one attached hydrogen (secondary N) is 2. The van der Waals surface area contributed by atoms with Crippen molar-refractivity contribution < 1.29 is 9.90 Å². The molecule has 0 radical (unpaired) electrons. The number of thioether (sulfide) groups is 1. The van der Waals surface area contributed by atoms with Crippen LogP contribution < -0.4 is 10.6 Å². The lowest BCUT2D eigenvalue weighted by molar-refractivity contribution is -0.126. The van der Waals surface area contributed by atoms with Crippen molar-refractivity contribution in [2.75, 3.05) is 24.7 Å². The Kier molecular flexibility index (Phi) is 4.92. The Morgan fingerprint density at radius 2 is 2.44 bits per heavy atom. The quantitative estimate of drug-likeness (QED) is 0.709. The van der Waals surface area contributed by atoms with Crippen molar-refractivity contribution in [1.29, 1.82) is 0 Å². The molecule has 1 amide bonds. The number of hydrogen-bond donors (Lipinski definition) is 3. The standard InChI is InChI=1S/C13H24N2O2S/c1-10-3-2-4-13(7-10,9-16)15-12(17)11-8-18-6-5-14-11/h10-11,14,16H,2-9H2,1H3,(H,15,17). The Labute approximate surface area is 113 Å².